The van der Waals surface area contributed by atoms with E-state index in [4.69, 9.17) is 4.74 Å². The van der Waals surface area contributed by atoms with Crippen molar-refractivity contribution in [3.63, 3.8) is 0 Å². The van der Waals surface area contributed by atoms with Crippen LogP contribution in [0.2, 0.25) is 0 Å². The van der Waals surface area contributed by atoms with Crippen LogP contribution in [0, 0.1) is 5.92 Å². The van der Waals surface area contributed by atoms with Crippen molar-refractivity contribution in [2.45, 2.75) is 70.4 Å². The number of methoxy groups -OCH3 is 1. The molecule has 0 aromatic heterocycles. The Morgan fingerprint density at radius 3 is 2.45 bits per heavy atom. The molecule has 0 radical (unpaired) electrons. The second-order valence-electron chi connectivity index (χ2n) is 7.09. The molecule has 1 unspecified atom stereocenters. The summed E-state index contributed by atoms with van der Waals surface area (Å²) >= 11 is 0. The van der Waals surface area contributed by atoms with Gasteiger partial charge in [-0.1, -0.05) is 13.8 Å². The van der Waals surface area contributed by atoms with Crippen LogP contribution < -0.4 is 5.32 Å². The molecule has 1 saturated heterocycles. The van der Waals surface area contributed by atoms with Gasteiger partial charge >= 0.3 is 0 Å². The highest BCUT2D eigenvalue weighted by Gasteiger charge is 2.50. The Kier molecular flexibility index (Phi) is 5.49. The van der Waals surface area contributed by atoms with Crippen LogP contribution in [0.5, 0.6) is 0 Å². The van der Waals surface area contributed by atoms with Gasteiger partial charge in [0, 0.05) is 37.9 Å². The number of ether oxygens (including phenoxy) is 1. The molecule has 20 heavy (non-hydrogen) atoms. The maximum atomic E-state index is 5.20. The molecule has 0 amide bonds. The minimum absolute atomic E-state index is 0.343. The van der Waals surface area contributed by atoms with Crippen LogP contribution >= 0.6 is 0 Å². The summed E-state index contributed by atoms with van der Waals surface area (Å²) in [6.07, 6.45) is 7.78. The Hall–Kier alpha value is -0.120. The molecule has 1 atom stereocenters. The van der Waals surface area contributed by atoms with E-state index < -0.39 is 0 Å². The second kappa shape index (κ2) is 6.76. The molecule has 0 spiro atoms. The summed E-state index contributed by atoms with van der Waals surface area (Å²) in [4.78, 5) is 2.81. The summed E-state index contributed by atoms with van der Waals surface area (Å²) in [5.41, 5.74) is 0.733. The highest BCUT2D eigenvalue weighted by Crippen LogP contribution is 2.45. The zero-order valence-corrected chi connectivity index (χ0v) is 14.0. The van der Waals surface area contributed by atoms with E-state index in [1.54, 1.807) is 7.11 Å². The molecule has 3 nitrogen and oxygen atoms in total. The third-order valence-corrected chi connectivity index (χ3v) is 5.87. The van der Waals surface area contributed by atoms with E-state index >= 15 is 0 Å². The number of piperazine rings is 1. The Labute approximate surface area is 125 Å². The topological polar surface area (TPSA) is 24.5 Å². The van der Waals surface area contributed by atoms with Gasteiger partial charge in [0.25, 0.3) is 0 Å². The van der Waals surface area contributed by atoms with Gasteiger partial charge in [-0.2, -0.15) is 0 Å². The van der Waals surface area contributed by atoms with Gasteiger partial charge in [-0.3, -0.25) is 4.90 Å². The molecule has 1 N–H and O–H groups in total. The van der Waals surface area contributed by atoms with Crippen molar-refractivity contribution in [3.05, 3.63) is 0 Å². The first kappa shape index (κ1) is 16.3. The van der Waals surface area contributed by atoms with Gasteiger partial charge in [-0.15, -0.1) is 0 Å². The van der Waals surface area contributed by atoms with Gasteiger partial charge in [0.2, 0.25) is 0 Å². The Balaban J connectivity index is 1.99. The fraction of sp³-hybridized carbons (Fsp3) is 1.00. The average Bonchev–Trinajstić information content (AvgIpc) is 3.31. The summed E-state index contributed by atoms with van der Waals surface area (Å²) in [5.74, 6) is 0.920. The molecular formula is C17H34N2O. The zero-order chi connectivity index (χ0) is 14.6. The van der Waals surface area contributed by atoms with E-state index in [9.17, 15) is 0 Å². The highest BCUT2D eigenvalue weighted by molar-refractivity contribution is 5.08. The average molecular weight is 282 g/mol. The summed E-state index contributed by atoms with van der Waals surface area (Å²) in [6, 6.07) is 0. The lowest BCUT2D eigenvalue weighted by Gasteiger charge is -2.54. The molecular weight excluding hydrogens is 248 g/mol. The van der Waals surface area contributed by atoms with Gasteiger partial charge in [0.05, 0.1) is 0 Å². The summed E-state index contributed by atoms with van der Waals surface area (Å²) in [7, 11) is 1.80. The molecule has 0 bridgehead atoms. The fourth-order valence-electron chi connectivity index (χ4n) is 3.80. The molecule has 2 aliphatic rings. The second-order valence-corrected chi connectivity index (χ2v) is 7.09. The van der Waals surface area contributed by atoms with Crippen LogP contribution in [0.25, 0.3) is 0 Å². The number of hydrogen-bond donors (Lipinski definition) is 1. The van der Waals surface area contributed by atoms with Crippen LogP contribution in [0.4, 0.5) is 0 Å². The lowest BCUT2D eigenvalue weighted by Crippen LogP contribution is -2.69. The molecule has 1 aliphatic heterocycles. The molecule has 118 valence electrons. The summed E-state index contributed by atoms with van der Waals surface area (Å²) < 4.78 is 5.20. The maximum absolute atomic E-state index is 5.20. The van der Waals surface area contributed by atoms with Crippen molar-refractivity contribution in [3.8, 4) is 0 Å². The summed E-state index contributed by atoms with van der Waals surface area (Å²) in [6.45, 7) is 11.7. The predicted molar refractivity (Wildman–Crippen MR) is 85.1 cm³/mol. The van der Waals surface area contributed by atoms with Gasteiger partial charge in [-0.05, 0) is 57.9 Å². The quantitative estimate of drug-likeness (QED) is 0.693. The van der Waals surface area contributed by atoms with Gasteiger partial charge in [0.15, 0.2) is 0 Å². The highest BCUT2D eigenvalue weighted by atomic mass is 16.5. The lowest BCUT2D eigenvalue weighted by molar-refractivity contribution is -0.00409. The number of nitrogens with one attached hydrogen (secondary N) is 1. The first-order valence-electron chi connectivity index (χ1n) is 8.59. The standard InChI is InChI=1S/C17H34N2O/c1-5-17(6-2)14-19(11-7-8-12-20-4)16(3,13-18-17)15-9-10-15/h15,18H,5-14H2,1-4H3. The van der Waals surface area contributed by atoms with Gasteiger partial charge in [-0.25, -0.2) is 0 Å². The van der Waals surface area contributed by atoms with E-state index in [1.165, 1.54) is 58.2 Å². The SMILES string of the molecule is CCC1(CC)CN(CCCCOC)C(C)(C2CC2)CN1. The molecule has 2 rings (SSSR count). The van der Waals surface area contributed by atoms with Crippen LogP contribution in [0.15, 0.2) is 0 Å². The minimum atomic E-state index is 0.343. The first-order chi connectivity index (χ1) is 9.60. The summed E-state index contributed by atoms with van der Waals surface area (Å²) in [5, 5.41) is 3.91. The third-order valence-electron chi connectivity index (χ3n) is 5.87. The van der Waals surface area contributed by atoms with E-state index in [1.807, 2.05) is 0 Å². The van der Waals surface area contributed by atoms with E-state index in [2.05, 4.69) is 31.0 Å². The molecule has 1 aliphatic carbocycles. The van der Waals surface area contributed by atoms with Crippen molar-refractivity contribution in [1.29, 1.82) is 0 Å². The van der Waals surface area contributed by atoms with Crippen molar-refractivity contribution < 1.29 is 4.74 Å². The zero-order valence-electron chi connectivity index (χ0n) is 14.0. The van der Waals surface area contributed by atoms with Crippen molar-refractivity contribution in [2.75, 3.05) is 33.4 Å². The number of rotatable bonds is 8. The molecule has 1 saturated carbocycles. The van der Waals surface area contributed by atoms with Gasteiger partial charge < -0.3 is 10.1 Å². The first-order valence-corrected chi connectivity index (χ1v) is 8.59. The maximum Gasteiger partial charge on any atom is 0.0462 e. The normalized spacial score (nSPS) is 30.6. The molecule has 3 heteroatoms. The molecule has 1 heterocycles. The van der Waals surface area contributed by atoms with Crippen molar-refractivity contribution in [2.24, 2.45) is 5.92 Å². The largest absolute Gasteiger partial charge is 0.385 e. The smallest absolute Gasteiger partial charge is 0.0462 e. The van der Waals surface area contributed by atoms with E-state index in [0.29, 0.717) is 11.1 Å². The lowest BCUT2D eigenvalue weighted by atomic mass is 9.81. The van der Waals surface area contributed by atoms with Crippen LogP contribution in [-0.4, -0.2) is 49.3 Å². The predicted octanol–water partition coefficient (Wildman–Crippen LogP) is 3.05. The fourth-order valence-corrected chi connectivity index (χ4v) is 3.80. The van der Waals surface area contributed by atoms with E-state index in [-0.39, 0.29) is 0 Å². The van der Waals surface area contributed by atoms with E-state index in [0.717, 1.165) is 12.5 Å². The minimum Gasteiger partial charge on any atom is -0.385 e. The molecule has 0 aromatic rings. The Morgan fingerprint density at radius 1 is 1.20 bits per heavy atom. The number of nitrogens with zero attached hydrogens (tertiary/aromatic N) is 1. The number of unbranched alkanes of at least 4 members (excludes halogenated alkanes) is 1. The monoisotopic (exact) mass is 282 g/mol. The molecule has 2 fully saturated rings. The van der Waals surface area contributed by atoms with Crippen molar-refractivity contribution in [1.82, 2.24) is 10.2 Å². The number of hydrogen-bond acceptors (Lipinski definition) is 3. The van der Waals surface area contributed by atoms with Crippen LogP contribution in [0.1, 0.15) is 59.3 Å². The van der Waals surface area contributed by atoms with Gasteiger partial charge in [0.1, 0.15) is 0 Å². The van der Waals surface area contributed by atoms with Crippen LogP contribution in [-0.2, 0) is 4.74 Å². The Bertz CT molecular complexity index is 299. The third kappa shape index (κ3) is 3.37. The Morgan fingerprint density at radius 2 is 1.90 bits per heavy atom. The van der Waals surface area contributed by atoms with Crippen LogP contribution in [0.3, 0.4) is 0 Å². The molecule has 0 aromatic carbocycles. The van der Waals surface area contributed by atoms with Crippen molar-refractivity contribution >= 4 is 0 Å².